The summed E-state index contributed by atoms with van der Waals surface area (Å²) in [7, 11) is -18.7. The molecule has 0 radical (unpaired) electrons. The van der Waals surface area contributed by atoms with Gasteiger partial charge in [-0.05, 0) is 82.6 Å². The van der Waals surface area contributed by atoms with Crippen molar-refractivity contribution in [2.45, 2.75) is 19.6 Å². The zero-order valence-corrected chi connectivity index (χ0v) is 34.3. The number of rotatable bonds is 10. The Labute approximate surface area is 347 Å². The Balaban J connectivity index is 0.00000620. The predicted octanol–water partition coefficient (Wildman–Crippen LogP) is 4.15. The van der Waals surface area contributed by atoms with E-state index in [1.165, 1.54) is 84.9 Å². The number of fused-ring (bicyclic) bond motifs is 2. The molecule has 0 spiro atoms. The molecule has 18 nitrogen and oxygen atoms in total. The van der Waals surface area contributed by atoms with E-state index in [1.54, 1.807) is 0 Å². The van der Waals surface area contributed by atoms with Crippen LogP contribution in [0.2, 0.25) is 0 Å². The summed E-state index contributed by atoms with van der Waals surface area (Å²) in [6.45, 7) is 0. The molecule has 6 aromatic carbocycles. The van der Waals surface area contributed by atoms with E-state index in [9.17, 15) is 51.9 Å². The van der Waals surface area contributed by atoms with Crippen molar-refractivity contribution >= 4 is 108 Å². The smallest absolute Gasteiger partial charge is 0.396 e. The van der Waals surface area contributed by atoms with E-state index in [4.69, 9.17) is 11.5 Å². The van der Waals surface area contributed by atoms with Crippen LogP contribution in [0.5, 0.6) is 0 Å². The molecule has 0 atom stereocenters. The summed E-state index contributed by atoms with van der Waals surface area (Å²) < 4.78 is 134. The molecule has 0 aliphatic carbocycles. The zero-order valence-electron chi connectivity index (χ0n) is 29.0. The number of nitrogen functional groups attached to an aromatic ring is 2. The van der Waals surface area contributed by atoms with Gasteiger partial charge in [0.05, 0.1) is 32.5 Å². The van der Waals surface area contributed by atoms with Crippen molar-refractivity contribution < 1.29 is 81.4 Å². The minimum atomic E-state index is -4.89. The number of hydrogen-bond donors (Lipinski definition) is 6. The van der Waals surface area contributed by atoms with Gasteiger partial charge in [-0.2, -0.15) is 43.9 Å². The van der Waals surface area contributed by atoms with E-state index in [-0.39, 0.29) is 84.6 Å². The fraction of sp³-hybridized carbons (Fsp3) is 0. The molecule has 8 N–H and O–H groups in total. The van der Waals surface area contributed by atoms with Gasteiger partial charge >= 0.3 is 29.6 Å². The molecule has 6 aromatic rings. The van der Waals surface area contributed by atoms with Crippen LogP contribution in [0.3, 0.4) is 0 Å². The maximum absolute atomic E-state index is 12.4. The van der Waals surface area contributed by atoms with Gasteiger partial charge in [0.15, 0.2) is 0 Å². The maximum Gasteiger partial charge on any atom is 1.00 e. The Morgan fingerprint density at radius 1 is 0.439 bits per heavy atom. The molecule has 57 heavy (non-hydrogen) atoms. The first-order valence-corrected chi connectivity index (χ1v) is 21.2. The zero-order chi connectivity index (χ0) is 40.8. The Hall–Kier alpha value is -4.98. The van der Waals surface area contributed by atoms with Crippen LogP contribution in [-0.2, 0) is 40.5 Å². The Morgan fingerprint density at radius 2 is 0.807 bits per heavy atom. The van der Waals surface area contributed by atoms with Crippen LogP contribution in [-0.4, -0.2) is 51.9 Å². The fourth-order valence-electron chi connectivity index (χ4n) is 5.43. The molecule has 0 aromatic heterocycles. The molecule has 288 valence electrons. The average Bonchev–Trinajstić information content (AvgIpc) is 3.12. The largest absolute Gasteiger partial charge is 1.00 e. The third kappa shape index (κ3) is 9.77. The second-order valence-corrected chi connectivity index (χ2v) is 17.5. The van der Waals surface area contributed by atoms with E-state index >= 15 is 0 Å². The molecular formula is C34H26N6NaO12S4+. The summed E-state index contributed by atoms with van der Waals surface area (Å²) in [5.41, 5.74) is 12.5. The molecule has 0 amide bonds. The Kier molecular flexibility index (Phi) is 12.2. The van der Waals surface area contributed by atoms with Gasteiger partial charge in [-0.15, -0.1) is 10.2 Å². The first-order valence-electron chi connectivity index (χ1n) is 15.4. The summed E-state index contributed by atoms with van der Waals surface area (Å²) in [5, 5.41) is 17.6. The standard InChI is InChI=1S/C34H26N6O12S4.Na/c35-33-27-11-9-25(53(41,42)43)15-21(27)5-13-29(33)39-37-23-7-3-19(31(17-23)55(47,48)49)1-2-20-4-8-24(18-32(20)56(50,51)52)38-40-30-14-6-22-16-26(54(44,45)46)10-12-28(22)34(30)36;/h1-18H,35-36H2,(H,41,42,43)(H,44,45,46)(H,47,48,49)(H,50,51,52);/q;+1/b2-1+,39-37?,40-38?;. The molecule has 0 unspecified atom stereocenters. The number of nitrogens with two attached hydrogens (primary N) is 2. The minimum Gasteiger partial charge on any atom is -0.396 e. The fourth-order valence-corrected chi connectivity index (χ4v) is 7.87. The molecule has 0 saturated heterocycles. The second-order valence-electron chi connectivity index (χ2n) is 11.8. The number of benzene rings is 6. The summed E-state index contributed by atoms with van der Waals surface area (Å²) in [6.07, 6.45) is 2.33. The van der Waals surface area contributed by atoms with Crippen LogP contribution in [0.25, 0.3) is 33.7 Å². The van der Waals surface area contributed by atoms with Gasteiger partial charge in [-0.3, -0.25) is 18.2 Å². The monoisotopic (exact) mass is 861 g/mol. The molecule has 0 saturated carbocycles. The van der Waals surface area contributed by atoms with Gasteiger partial charge in [0.2, 0.25) is 0 Å². The van der Waals surface area contributed by atoms with Gasteiger partial charge in [-0.25, -0.2) is 0 Å². The third-order valence-electron chi connectivity index (χ3n) is 8.15. The van der Waals surface area contributed by atoms with E-state index < -0.39 is 50.3 Å². The van der Waals surface area contributed by atoms with E-state index in [1.807, 2.05) is 0 Å². The van der Waals surface area contributed by atoms with Crippen LogP contribution in [0.4, 0.5) is 34.1 Å². The van der Waals surface area contributed by atoms with Gasteiger partial charge in [-0.1, -0.05) is 48.6 Å². The van der Waals surface area contributed by atoms with Crippen molar-refractivity contribution in [3.63, 3.8) is 0 Å². The normalized spacial score (nSPS) is 12.9. The number of azo groups is 2. The summed E-state index contributed by atoms with van der Waals surface area (Å²) in [6, 6.07) is 20.4. The van der Waals surface area contributed by atoms with Crippen LogP contribution in [0, 0.1) is 0 Å². The molecule has 0 bridgehead atoms. The summed E-state index contributed by atoms with van der Waals surface area (Å²) in [5.74, 6) is 0. The quantitative estimate of drug-likeness (QED) is 0.0371. The topological polar surface area (TPSA) is 319 Å². The first kappa shape index (κ1) is 43.1. The number of nitrogens with zero attached hydrogens (tertiary/aromatic N) is 4. The van der Waals surface area contributed by atoms with E-state index in [0.717, 1.165) is 24.3 Å². The molecule has 0 fully saturated rings. The molecule has 0 heterocycles. The van der Waals surface area contributed by atoms with Crippen LogP contribution in [0.15, 0.2) is 137 Å². The van der Waals surface area contributed by atoms with Crippen LogP contribution < -0.4 is 41.0 Å². The van der Waals surface area contributed by atoms with E-state index in [2.05, 4.69) is 20.5 Å². The van der Waals surface area contributed by atoms with Crippen LogP contribution in [0.1, 0.15) is 11.1 Å². The van der Waals surface area contributed by atoms with Crippen molar-refractivity contribution in [2.75, 3.05) is 11.5 Å². The Morgan fingerprint density at radius 3 is 1.14 bits per heavy atom. The van der Waals surface area contributed by atoms with Crippen molar-refractivity contribution in [3.05, 3.63) is 108 Å². The van der Waals surface area contributed by atoms with Crippen molar-refractivity contribution in [1.82, 2.24) is 0 Å². The summed E-state index contributed by atoms with van der Waals surface area (Å²) >= 11 is 0. The van der Waals surface area contributed by atoms with Crippen molar-refractivity contribution in [1.29, 1.82) is 0 Å². The maximum atomic E-state index is 12.4. The Bertz CT molecular complexity index is 2960. The van der Waals surface area contributed by atoms with Gasteiger partial charge < -0.3 is 11.5 Å². The van der Waals surface area contributed by atoms with Crippen molar-refractivity contribution in [3.8, 4) is 0 Å². The summed E-state index contributed by atoms with van der Waals surface area (Å²) in [4.78, 5) is -1.94. The number of hydrogen-bond acceptors (Lipinski definition) is 14. The molecule has 0 aliphatic rings. The van der Waals surface area contributed by atoms with Gasteiger partial charge in [0.25, 0.3) is 40.5 Å². The molecular weight excluding hydrogens is 836 g/mol. The van der Waals surface area contributed by atoms with Crippen molar-refractivity contribution in [2.24, 2.45) is 20.5 Å². The molecule has 6 rings (SSSR count). The first-order chi connectivity index (χ1) is 26.1. The minimum absolute atomic E-state index is 0. The van der Waals surface area contributed by atoms with E-state index in [0.29, 0.717) is 21.5 Å². The van der Waals surface area contributed by atoms with Gasteiger partial charge in [0.1, 0.15) is 21.2 Å². The third-order valence-corrected chi connectivity index (χ3v) is 11.7. The molecule has 0 aliphatic heterocycles. The SMILES string of the molecule is Nc1c(N=Nc2ccc(/C=C/c3ccc(N=Nc4ccc5cc(S(=O)(=O)O)ccc5c4N)cc3S(=O)(=O)O)c(S(=O)(=O)O)c2)ccc2cc(S(=O)(=O)O)ccc12.[Na+]. The second kappa shape index (κ2) is 16.1. The average molecular weight is 862 g/mol. The predicted molar refractivity (Wildman–Crippen MR) is 206 cm³/mol. The van der Waals surface area contributed by atoms with Crippen LogP contribution >= 0.6 is 0 Å². The number of anilines is 2. The molecule has 23 heteroatoms. The van der Waals surface area contributed by atoms with Gasteiger partial charge in [0, 0.05) is 10.8 Å².